The summed E-state index contributed by atoms with van der Waals surface area (Å²) in [6.07, 6.45) is 0. The van der Waals surface area contributed by atoms with E-state index in [0.29, 0.717) is 0 Å². The average molecular weight is 216 g/mol. The van der Waals surface area contributed by atoms with E-state index in [1.165, 1.54) is 4.88 Å². The molecular weight excluding hydrogens is 204 g/mol. The van der Waals surface area contributed by atoms with E-state index < -0.39 is 0 Å². The highest BCUT2D eigenvalue weighted by molar-refractivity contribution is 7.12. The second kappa shape index (κ2) is 4.75. The van der Waals surface area contributed by atoms with E-state index >= 15 is 0 Å². The third-order valence-corrected chi connectivity index (χ3v) is 2.98. The smallest absolute Gasteiger partial charge is 0.0747 e. The zero-order chi connectivity index (χ0) is 10.5. The number of hydrazone groups is 1. The van der Waals surface area contributed by atoms with Crippen LogP contribution in [0, 0.1) is 0 Å². The van der Waals surface area contributed by atoms with Crippen molar-refractivity contribution >= 4 is 22.7 Å². The summed E-state index contributed by atoms with van der Waals surface area (Å²) in [5.74, 6) is 0. The van der Waals surface area contributed by atoms with Gasteiger partial charge in [-0.25, -0.2) is 0 Å². The maximum absolute atomic E-state index is 4.31. The van der Waals surface area contributed by atoms with Crippen LogP contribution in [0.25, 0.3) is 0 Å². The Kier molecular flexibility index (Phi) is 3.15. The summed E-state index contributed by atoms with van der Waals surface area (Å²) in [5.41, 5.74) is 5.04. The molecule has 0 spiro atoms. The average Bonchev–Trinajstić information content (AvgIpc) is 2.81. The maximum Gasteiger partial charge on any atom is 0.0747 e. The summed E-state index contributed by atoms with van der Waals surface area (Å²) in [4.78, 5) is 1.19. The molecule has 0 saturated heterocycles. The zero-order valence-electron chi connectivity index (χ0n) is 8.47. The number of hydrogen-bond donors (Lipinski definition) is 1. The molecule has 1 heterocycles. The van der Waals surface area contributed by atoms with Gasteiger partial charge in [-0.05, 0) is 30.5 Å². The van der Waals surface area contributed by atoms with Crippen LogP contribution in [0.4, 0.5) is 5.69 Å². The fourth-order valence-corrected chi connectivity index (χ4v) is 1.88. The van der Waals surface area contributed by atoms with Crippen LogP contribution in [-0.2, 0) is 0 Å². The van der Waals surface area contributed by atoms with Gasteiger partial charge in [0.15, 0.2) is 0 Å². The van der Waals surface area contributed by atoms with E-state index in [1.807, 2.05) is 43.3 Å². The van der Waals surface area contributed by atoms with Crippen LogP contribution in [0.2, 0.25) is 0 Å². The minimum Gasteiger partial charge on any atom is -0.278 e. The predicted octanol–water partition coefficient (Wildman–Crippen LogP) is 3.58. The molecule has 76 valence electrons. The van der Waals surface area contributed by atoms with Crippen molar-refractivity contribution in [3.8, 4) is 0 Å². The highest BCUT2D eigenvalue weighted by Crippen LogP contribution is 2.11. The van der Waals surface area contributed by atoms with E-state index in [-0.39, 0.29) is 0 Å². The van der Waals surface area contributed by atoms with Crippen molar-refractivity contribution in [2.24, 2.45) is 5.10 Å². The number of rotatable bonds is 3. The summed E-state index contributed by atoms with van der Waals surface area (Å²) in [6, 6.07) is 14.0. The molecule has 2 rings (SSSR count). The molecule has 0 aliphatic rings. The summed E-state index contributed by atoms with van der Waals surface area (Å²) < 4.78 is 0. The quantitative estimate of drug-likeness (QED) is 0.615. The molecule has 0 fully saturated rings. The van der Waals surface area contributed by atoms with Gasteiger partial charge in [0.2, 0.25) is 0 Å². The van der Waals surface area contributed by atoms with E-state index in [4.69, 9.17) is 0 Å². The van der Waals surface area contributed by atoms with Crippen molar-refractivity contribution in [1.29, 1.82) is 0 Å². The molecule has 2 nitrogen and oxygen atoms in total. The SMILES string of the molecule is C/C(=N\Nc1ccccc1)c1cccs1. The first-order chi connectivity index (χ1) is 7.36. The standard InChI is InChI=1S/C12H12N2S/c1-10(12-8-5-9-15-12)13-14-11-6-3-2-4-7-11/h2-9,14H,1H3/b13-10+. The minimum absolute atomic E-state index is 1.01. The molecule has 0 aliphatic carbocycles. The molecule has 0 bridgehead atoms. The first-order valence-electron chi connectivity index (χ1n) is 4.75. The number of nitrogens with zero attached hydrogens (tertiary/aromatic N) is 1. The van der Waals surface area contributed by atoms with Gasteiger partial charge >= 0.3 is 0 Å². The van der Waals surface area contributed by atoms with E-state index in [0.717, 1.165) is 11.4 Å². The molecule has 0 amide bonds. The number of anilines is 1. The molecule has 1 N–H and O–H groups in total. The van der Waals surface area contributed by atoms with E-state index in [2.05, 4.69) is 22.0 Å². The summed E-state index contributed by atoms with van der Waals surface area (Å²) in [5, 5.41) is 6.37. The van der Waals surface area contributed by atoms with Gasteiger partial charge in [0, 0.05) is 4.88 Å². The fraction of sp³-hybridized carbons (Fsp3) is 0.0833. The van der Waals surface area contributed by atoms with Gasteiger partial charge in [0.25, 0.3) is 0 Å². The third kappa shape index (κ3) is 2.67. The molecule has 0 unspecified atom stereocenters. The van der Waals surface area contributed by atoms with Crippen LogP contribution in [0.15, 0.2) is 52.9 Å². The second-order valence-electron chi connectivity index (χ2n) is 3.15. The molecule has 1 aromatic carbocycles. The molecule has 0 aliphatic heterocycles. The lowest BCUT2D eigenvalue weighted by Gasteiger charge is -2.00. The highest BCUT2D eigenvalue weighted by Gasteiger charge is 1.96. The Bertz CT molecular complexity index is 432. The Morgan fingerprint density at radius 1 is 1.13 bits per heavy atom. The van der Waals surface area contributed by atoms with Crippen LogP contribution in [0.3, 0.4) is 0 Å². The second-order valence-corrected chi connectivity index (χ2v) is 4.10. The van der Waals surface area contributed by atoms with Crippen LogP contribution < -0.4 is 5.43 Å². The minimum atomic E-state index is 1.01. The summed E-state index contributed by atoms with van der Waals surface area (Å²) >= 11 is 1.70. The van der Waals surface area contributed by atoms with Gasteiger partial charge in [0.05, 0.1) is 11.4 Å². The van der Waals surface area contributed by atoms with Crippen molar-refractivity contribution in [2.75, 3.05) is 5.43 Å². The zero-order valence-corrected chi connectivity index (χ0v) is 9.29. The van der Waals surface area contributed by atoms with Gasteiger partial charge in [-0.3, -0.25) is 5.43 Å². The van der Waals surface area contributed by atoms with Crippen LogP contribution in [-0.4, -0.2) is 5.71 Å². The Hall–Kier alpha value is -1.61. The van der Waals surface area contributed by atoms with Crippen LogP contribution in [0.1, 0.15) is 11.8 Å². The molecule has 3 heteroatoms. The Labute approximate surface area is 93.3 Å². The molecule has 2 aromatic rings. The van der Waals surface area contributed by atoms with Gasteiger partial charge in [-0.15, -0.1) is 11.3 Å². The maximum atomic E-state index is 4.31. The number of para-hydroxylation sites is 1. The van der Waals surface area contributed by atoms with Crippen molar-refractivity contribution < 1.29 is 0 Å². The lowest BCUT2D eigenvalue weighted by Crippen LogP contribution is -1.96. The lowest BCUT2D eigenvalue weighted by atomic mass is 10.3. The van der Waals surface area contributed by atoms with Crippen molar-refractivity contribution in [2.45, 2.75) is 6.92 Å². The van der Waals surface area contributed by atoms with Gasteiger partial charge in [-0.1, -0.05) is 24.3 Å². The first kappa shape index (κ1) is 9.93. The summed E-state index contributed by atoms with van der Waals surface area (Å²) in [6.45, 7) is 2.00. The van der Waals surface area contributed by atoms with Crippen LogP contribution in [0.5, 0.6) is 0 Å². The fourth-order valence-electron chi connectivity index (χ4n) is 1.20. The molecule has 1 aromatic heterocycles. The van der Waals surface area contributed by atoms with Gasteiger partial charge < -0.3 is 0 Å². The molecule has 15 heavy (non-hydrogen) atoms. The third-order valence-electron chi connectivity index (χ3n) is 2.00. The van der Waals surface area contributed by atoms with Gasteiger partial charge in [-0.2, -0.15) is 5.10 Å². The number of benzene rings is 1. The lowest BCUT2D eigenvalue weighted by molar-refractivity contribution is 1.33. The Balaban J connectivity index is 2.06. The monoisotopic (exact) mass is 216 g/mol. The van der Waals surface area contributed by atoms with Crippen molar-refractivity contribution in [3.63, 3.8) is 0 Å². The summed E-state index contributed by atoms with van der Waals surface area (Å²) in [7, 11) is 0. The predicted molar refractivity (Wildman–Crippen MR) is 66.6 cm³/mol. The van der Waals surface area contributed by atoms with E-state index in [1.54, 1.807) is 11.3 Å². The number of hydrogen-bond acceptors (Lipinski definition) is 3. The van der Waals surface area contributed by atoms with Crippen molar-refractivity contribution in [3.05, 3.63) is 52.7 Å². The topological polar surface area (TPSA) is 24.4 Å². The Morgan fingerprint density at radius 3 is 2.60 bits per heavy atom. The number of thiophene rings is 1. The molecular formula is C12H12N2S. The number of nitrogens with one attached hydrogen (secondary N) is 1. The van der Waals surface area contributed by atoms with E-state index in [9.17, 15) is 0 Å². The Morgan fingerprint density at radius 2 is 1.93 bits per heavy atom. The highest BCUT2D eigenvalue weighted by atomic mass is 32.1. The largest absolute Gasteiger partial charge is 0.278 e. The normalized spacial score (nSPS) is 11.4. The molecule has 0 saturated carbocycles. The molecule has 0 radical (unpaired) electrons. The molecule has 0 atom stereocenters. The van der Waals surface area contributed by atoms with Gasteiger partial charge in [0.1, 0.15) is 0 Å². The first-order valence-corrected chi connectivity index (χ1v) is 5.63. The van der Waals surface area contributed by atoms with Crippen LogP contribution >= 0.6 is 11.3 Å². The van der Waals surface area contributed by atoms with Crippen molar-refractivity contribution in [1.82, 2.24) is 0 Å².